The molecule has 0 saturated carbocycles. The summed E-state index contributed by atoms with van der Waals surface area (Å²) in [5, 5.41) is 0.402. The number of piperazine rings is 1. The number of fused-ring (bicyclic) bond motifs is 1. The fraction of sp³-hybridized carbons (Fsp3) is 0.321. The summed E-state index contributed by atoms with van der Waals surface area (Å²) in [5.74, 6) is 0.939. The third-order valence-electron chi connectivity index (χ3n) is 7.15. The Morgan fingerprint density at radius 2 is 1.81 bits per heavy atom. The molecule has 186 valence electrons. The molecule has 2 aromatic carbocycles. The molecule has 0 radical (unpaired) electrons. The van der Waals surface area contributed by atoms with E-state index in [2.05, 4.69) is 17.0 Å². The zero-order valence-electron chi connectivity index (χ0n) is 20.6. The number of carbonyl (C=O) groups excluding carboxylic acids is 2. The quantitative estimate of drug-likeness (QED) is 0.575. The minimum Gasteiger partial charge on any atom is -0.353 e. The van der Waals surface area contributed by atoms with Crippen molar-refractivity contribution in [3.05, 3.63) is 82.0 Å². The summed E-state index contributed by atoms with van der Waals surface area (Å²) in [6, 6.07) is 15.6. The summed E-state index contributed by atoms with van der Waals surface area (Å²) in [6.45, 7) is 3.11. The number of rotatable bonds is 5. The summed E-state index contributed by atoms with van der Waals surface area (Å²) in [5.41, 5.74) is 11.7. The van der Waals surface area contributed by atoms with Crippen LogP contribution < -0.4 is 10.6 Å². The third kappa shape index (κ3) is 4.45. The molecule has 1 atom stereocenters. The molecule has 7 nitrogen and oxygen atoms in total. The van der Waals surface area contributed by atoms with E-state index in [-0.39, 0.29) is 17.7 Å². The van der Waals surface area contributed by atoms with Crippen LogP contribution in [-0.2, 0) is 17.8 Å². The van der Waals surface area contributed by atoms with E-state index in [1.165, 1.54) is 16.0 Å². The molecular weight excluding hydrogens is 474 g/mol. The monoisotopic (exact) mass is 503 g/mol. The lowest BCUT2D eigenvalue weighted by atomic mass is 9.77. The van der Waals surface area contributed by atoms with Gasteiger partial charge in [0.05, 0.1) is 16.5 Å². The van der Waals surface area contributed by atoms with Gasteiger partial charge in [-0.15, -0.1) is 0 Å². The molecule has 2 aliphatic rings. The van der Waals surface area contributed by atoms with Crippen LogP contribution in [0.2, 0.25) is 5.02 Å². The second kappa shape index (κ2) is 9.91. The van der Waals surface area contributed by atoms with E-state index in [9.17, 15) is 9.59 Å². The van der Waals surface area contributed by atoms with Crippen molar-refractivity contribution in [3.8, 4) is 11.1 Å². The van der Waals surface area contributed by atoms with E-state index in [0.717, 1.165) is 28.9 Å². The zero-order chi connectivity index (χ0) is 25.4. The van der Waals surface area contributed by atoms with Crippen LogP contribution in [0, 0.1) is 0 Å². The number of amides is 2. The largest absolute Gasteiger partial charge is 0.353 e. The van der Waals surface area contributed by atoms with E-state index in [4.69, 9.17) is 22.3 Å². The standard InChI is InChI=1S/C28H30ClN5O2/c1-32(2)27(35)23-8-7-18(15-25(23)29)21-13-20(16-30)26(31-17-21)33-9-11-34(12-10-33)28(36)24-14-19-5-3-4-6-22(19)24/h3-8,13,15,17,24H,9-12,14,16,30H2,1-2H3. The Morgan fingerprint density at radius 1 is 1.06 bits per heavy atom. The molecule has 1 unspecified atom stereocenters. The normalized spacial score (nSPS) is 16.8. The number of nitrogens with two attached hydrogens (primary N) is 1. The van der Waals surface area contributed by atoms with Crippen molar-refractivity contribution in [2.75, 3.05) is 45.2 Å². The van der Waals surface area contributed by atoms with Gasteiger partial charge in [-0.25, -0.2) is 4.98 Å². The van der Waals surface area contributed by atoms with Crippen molar-refractivity contribution in [3.63, 3.8) is 0 Å². The molecule has 2 N–H and O–H groups in total. The van der Waals surface area contributed by atoms with Gasteiger partial charge in [0.25, 0.3) is 5.91 Å². The van der Waals surface area contributed by atoms with Crippen LogP contribution in [0.15, 0.2) is 54.7 Å². The van der Waals surface area contributed by atoms with E-state index < -0.39 is 0 Å². The van der Waals surface area contributed by atoms with E-state index in [1.54, 1.807) is 26.2 Å². The lowest BCUT2D eigenvalue weighted by Gasteiger charge is -2.40. The number of pyridine rings is 1. The summed E-state index contributed by atoms with van der Waals surface area (Å²) in [4.78, 5) is 35.8. The van der Waals surface area contributed by atoms with Gasteiger partial charge in [-0.1, -0.05) is 41.9 Å². The highest BCUT2D eigenvalue weighted by molar-refractivity contribution is 6.34. The lowest BCUT2D eigenvalue weighted by molar-refractivity contribution is -0.133. The van der Waals surface area contributed by atoms with Crippen LogP contribution in [0.3, 0.4) is 0 Å². The average Bonchev–Trinajstić information content (AvgIpc) is 2.88. The van der Waals surface area contributed by atoms with E-state index in [0.29, 0.717) is 43.3 Å². The molecule has 5 rings (SSSR count). The van der Waals surface area contributed by atoms with E-state index >= 15 is 0 Å². The molecule has 3 aromatic rings. The van der Waals surface area contributed by atoms with Gasteiger partial charge in [0.1, 0.15) is 5.82 Å². The first-order chi connectivity index (χ1) is 17.4. The van der Waals surface area contributed by atoms with Gasteiger partial charge in [-0.05, 0) is 41.3 Å². The van der Waals surface area contributed by atoms with Crippen LogP contribution >= 0.6 is 11.6 Å². The van der Waals surface area contributed by atoms with Gasteiger partial charge >= 0.3 is 0 Å². The highest BCUT2D eigenvalue weighted by atomic mass is 35.5. The van der Waals surface area contributed by atoms with Gasteiger partial charge < -0.3 is 20.4 Å². The van der Waals surface area contributed by atoms with Gasteiger partial charge in [0, 0.05) is 64.1 Å². The summed E-state index contributed by atoms with van der Waals surface area (Å²) >= 11 is 6.42. The Kier molecular flexibility index (Phi) is 6.69. The fourth-order valence-corrected chi connectivity index (χ4v) is 5.30. The number of nitrogens with zero attached hydrogens (tertiary/aromatic N) is 4. The maximum absolute atomic E-state index is 13.1. The third-order valence-corrected chi connectivity index (χ3v) is 7.46. The van der Waals surface area contributed by atoms with Crippen LogP contribution in [0.5, 0.6) is 0 Å². The van der Waals surface area contributed by atoms with Crippen molar-refractivity contribution < 1.29 is 9.59 Å². The first kappa shape index (κ1) is 24.3. The molecule has 2 heterocycles. The number of hydrogen-bond donors (Lipinski definition) is 1. The first-order valence-corrected chi connectivity index (χ1v) is 12.6. The second-order valence-electron chi connectivity index (χ2n) is 9.57. The Morgan fingerprint density at radius 3 is 2.47 bits per heavy atom. The minimum atomic E-state index is -0.137. The smallest absolute Gasteiger partial charge is 0.254 e. The van der Waals surface area contributed by atoms with Crippen LogP contribution in [0.4, 0.5) is 5.82 Å². The number of carbonyl (C=O) groups is 2. The number of aromatic nitrogens is 1. The van der Waals surface area contributed by atoms with Crippen molar-refractivity contribution in [1.29, 1.82) is 0 Å². The molecule has 2 amide bonds. The number of anilines is 1. The Bertz CT molecular complexity index is 1320. The van der Waals surface area contributed by atoms with Gasteiger partial charge in [0.15, 0.2) is 0 Å². The molecule has 36 heavy (non-hydrogen) atoms. The Balaban J connectivity index is 1.28. The van der Waals surface area contributed by atoms with Crippen molar-refractivity contribution >= 4 is 29.2 Å². The number of hydrogen-bond acceptors (Lipinski definition) is 5. The average molecular weight is 504 g/mol. The molecule has 1 aliphatic heterocycles. The molecule has 8 heteroatoms. The molecular formula is C28H30ClN5O2. The maximum Gasteiger partial charge on any atom is 0.254 e. The van der Waals surface area contributed by atoms with Gasteiger partial charge in [-0.3, -0.25) is 9.59 Å². The van der Waals surface area contributed by atoms with Crippen molar-refractivity contribution in [2.45, 2.75) is 18.9 Å². The lowest BCUT2D eigenvalue weighted by Crippen LogP contribution is -2.51. The van der Waals surface area contributed by atoms with Crippen LogP contribution in [0.1, 0.15) is 33.0 Å². The predicted octanol–water partition coefficient (Wildman–Crippen LogP) is 3.55. The highest BCUT2D eigenvalue weighted by Crippen LogP contribution is 2.36. The summed E-state index contributed by atoms with van der Waals surface area (Å²) in [7, 11) is 3.40. The number of benzene rings is 2. The van der Waals surface area contributed by atoms with Crippen LogP contribution in [-0.4, -0.2) is 66.9 Å². The molecule has 1 saturated heterocycles. The zero-order valence-corrected chi connectivity index (χ0v) is 21.3. The van der Waals surface area contributed by atoms with Gasteiger partial charge in [-0.2, -0.15) is 0 Å². The van der Waals surface area contributed by atoms with Crippen molar-refractivity contribution in [1.82, 2.24) is 14.8 Å². The molecule has 1 fully saturated rings. The summed E-state index contributed by atoms with van der Waals surface area (Å²) in [6.07, 6.45) is 2.65. The predicted molar refractivity (Wildman–Crippen MR) is 142 cm³/mol. The fourth-order valence-electron chi connectivity index (χ4n) is 5.04. The van der Waals surface area contributed by atoms with E-state index in [1.807, 2.05) is 35.4 Å². The maximum atomic E-state index is 13.1. The Labute approximate surface area is 216 Å². The minimum absolute atomic E-state index is 0.00371. The van der Waals surface area contributed by atoms with Gasteiger partial charge in [0.2, 0.25) is 5.91 Å². The molecule has 1 aliphatic carbocycles. The van der Waals surface area contributed by atoms with Crippen LogP contribution in [0.25, 0.3) is 11.1 Å². The highest BCUT2D eigenvalue weighted by Gasteiger charge is 2.36. The molecule has 0 bridgehead atoms. The van der Waals surface area contributed by atoms with Crippen molar-refractivity contribution in [2.24, 2.45) is 5.73 Å². The second-order valence-corrected chi connectivity index (χ2v) is 9.98. The summed E-state index contributed by atoms with van der Waals surface area (Å²) < 4.78 is 0. The number of halogens is 1. The molecule has 0 spiro atoms. The molecule has 1 aromatic heterocycles. The SMILES string of the molecule is CN(C)C(=O)c1ccc(-c2cnc(N3CCN(C(=O)C4Cc5ccccc54)CC3)c(CN)c2)cc1Cl. The Hall–Kier alpha value is -3.42. The topological polar surface area (TPSA) is 82.8 Å². The first-order valence-electron chi connectivity index (χ1n) is 12.2.